The lowest BCUT2D eigenvalue weighted by molar-refractivity contribution is -0.129. The van der Waals surface area contributed by atoms with Crippen LogP contribution in [0.25, 0.3) is 0 Å². The number of carboxylic acids is 1. The summed E-state index contributed by atoms with van der Waals surface area (Å²) in [7, 11) is -0.104. The van der Waals surface area contributed by atoms with E-state index in [1.165, 1.54) is 37.6 Å². The minimum absolute atomic E-state index is 0.104. The highest BCUT2D eigenvalue weighted by Crippen LogP contribution is 2.52. The van der Waals surface area contributed by atoms with Gasteiger partial charge in [0.2, 0.25) is 0 Å². The summed E-state index contributed by atoms with van der Waals surface area (Å²) in [6.45, 7) is 8.52. The highest BCUT2D eigenvalue weighted by Gasteiger charge is 2.53. The van der Waals surface area contributed by atoms with Gasteiger partial charge in [-0.1, -0.05) is 24.1 Å². The Morgan fingerprint density at radius 2 is 1.78 bits per heavy atom. The molecule has 4 rings (SSSR count). The zero-order valence-electron chi connectivity index (χ0n) is 16.7. The molecule has 1 spiro atoms. The van der Waals surface area contributed by atoms with E-state index in [0.29, 0.717) is 11.8 Å². The minimum Gasteiger partial charge on any atom is -0.477 e. The lowest BCUT2D eigenvalue weighted by Crippen LogP contribution is -2.41. The summed E-state index contributed by atoms with van der Waals surface area (Å²) in [5.41, 5.74) is 1.74. The molecule has 2 fully saturated rings. The van der Waals surface area contributed by atoms with Crippen molar-refractivity contribution < 1.29 is 19.2 Å². The highest BCUT2D eigenvalue weighted by atomic mass is 35.5. The first kappa shape index (κ1) is 20.6. The first-order valence-electron chi connectivity index (χ1n) is 9.75. The van der Waals surface area contributed by atoms with E-state index in [-0.39, 0.29) is 29.2 Å². The van der Waals surface area contributed by atoms with Crippen molar-refractivity contribution >= 4 is 30.4 Å². The van der Waals surface area contributed by atoms with Crippen LogP contribution < -0.4 is 0 Å². The highest BCUT2D eigenvalue weighted by molar-refractivity contribution is 6.54. The van der Waals surface area contributed by atoms with Gasteiger partial charge in [0, 0.05) is 6.42 Å². The number of hydrogen-bond donors (Lipinski definition) is 1. The fourth-order valence-corrected chi connectivity index (χ4v) is 4.02. The maximum atomic E-state index is 10.1. The van der Waals surface area contributed by atoms with Gasteiger partial charge >= 0.3 is 13.1 Å². The smallest absolute Gasteiger partial charge is 0.477 e. The predicted octanol–water partition coefficient (Wildman–Crippen LogP) is 4.89. The van der Waals surface area contributed by atoms with Gasteiger partial charge in [0.25, 0.3) is 0 Å². The second kappa shape index (κ2) is 7.38. The Balaban J connectivity index is 0.000000197. The molecule has 2 aliphatic heterocycles. The van der Waals surface area contributed by atoms with Crippen LogP contribution in [-0.4, -0.2) is 35.1 Å². The van der Waals surface area contributed by atoms with E-state index in [2.05, 4.69) is 38.8 Å². The van der Waals surface area contributed by atoms with E-state index in [0.717, 1.165) is 6.42 Å². The summed E-state index contributed by atoms with van der Waals surface area (Å²) in [6, 6.07) is 0. The molecule has 0 radical (unpaired) electrons. The first-order valence-corrected chi connectivity index (χ1v) is 10.1. The van der Waals surface area contributed by atoms with Crippen LogP contribution in [-0.2, 0) is 14.1 Å². The van der Waals surface area contributed by atoms with E-state index < -0.39 is 5.97 Å². The third kappa shape index (κ3) is 4.33. The Bertz CT molecular complexity index is 691. The van der Waals surface area contributed by atoms with Gasteiger partial charge in [-0.3, -0.25) is 0 Å². The second-order valence-corrected chi connectivity index (χ2v) is 9.41. The molecule has 0 unspecified atom stereocenters. The standard InChI is InChI=1S/C15H25BO2.C5H4ClNO2/c1-13(2)14(3,4)18-16(17-13)12-6-10-15(11-7-12)8-5-9-15;6-4-2-1-3(7-4)5(8)9/h6H,5,7-11H2,1-4H3;2H,1H2,(H,8,9). The van der Waals surface area contributed by atoms with E-state index in [1.807, 2.05) is 0 Å². The quantitative estimate of drug-likeness (QED) is 0.535. The number of hydrogen-bond acceptors (Lipinski definition) is 4. The molecule has 0 aromatic rings. The predicted molar refractivity (Wildman–Crippen MR) is 108 cm³/mol. The van der Waals surface area contributed by atoms with Crippen molar-refractivity contribution in [3.05, 3.63) is 22.8 Å². The van der Waals surface area contributed by atoms with Crippen LogP contribution in [0.15, 0.2) is 27.8 Å². The molecular formula is C20H29BClNO4. The third-order valence-corrected chi connectivity index (χ3v) is 6.90. The number of carbonyl (C=O) groups is 1. The molecule has 0 aromatic heterocycles. The van der Waals surface area contributed by atoms with Crippen LogP contribution >= 0.6 is 11.6 Å². The molecular weight excluding hydrogens is 364 g/mol. The van der Waals surface area contributed by atoms with Crippen molar-refractivity contribution in [2.45, 2.75) is 83.8 Å². The van der Waals surface area contributed by atoms with Crippen LogP contribution in [0.1, 0.15) is 72.6 Å². The number of aliphatic carboxylic acids is 1. The van der Waals surface area contributed by atoms with E-state index >= 15 is 0 Å². The maximum Gasteiger partial charge on any atom is 0.490 e. The topological polar surface area (TPSA) is 68.1 Å². The van der Waals surface area contributed by atoms with Crippen molar-refractivity contribution in [3.63, 3.8) is 0 Å². The summed E-state index contributed by atoms with van der Waals surface area (Å²) in [6.07, 6.45) is 12.3. The molecule has 27 heavy (non-hydrogen) atoms. The lowest BCUT2D eigenvalue weighted by Gasteiger charge is -2.44. The number of halogens is 1. The van der Waals surface area contributed by atoms with Crippen molar-refractivity contribution in [2.75, 3.05) is 0 Å². The second-order valence-electron chi connectivity index (χ2n) is 9.02. The molecule has 0 bridgehead atoms. The summed E-state index contributed by atoms with van der Waals surface area (Å²) in [4.78, 5) is 13.7. The molecule has 5 nitrogen and oxygen atoms in total. The Morgan fingerprint density at radius 3 is 2.11 bits per heavy atom. The molecule has 4 aliphatic rings. The van der Waals surface area contributed by atoms with Crippen LogP contribution in [0.3, 0.4) is 0 Å². The van der Waals surface area contributed by atoms with Gasteiger partial charge in [-0.15, -0.1) is 0 Å². The monoisotopic (exact) mass is 393 g/mol. The van der Waals surface area contributed by atoms with Crippen LogP contribution in [0.4, 0.5) is 0 Å². The van der Waals surface area contributed by atoms with Gasteiger partial charge in [-0.25, -0.2) is 9.79 Å². The largest absolute Gasteiger partial charge is 0.490 e. The molecule has 1 saturated carbocycles. The van der Waals surface area contributed by atoms with E-state index in [4.69, 9.17) is 26.0 Å². The average molecular weight is 394 g/mol. The maximum absolute atomic E-state index is 10.1. The van der Waals surface area contributed by atoms with Crippen molar-refractivity contribution in [1.82, 2.24) is 0 Å². The summed E-state index contributed by atoms with van der Waals surface area (Å²) >= 11 is 5.36. The Morgan fingerprint density at radius 1 is 1.15 bits per heavy atom. The minimum atomic E-state index is -0.998. The zero-order chi connectivity index (χ0) is 19.9. The molecule has 0 aromatic carbocycles. The molecule has 7 heteroatoms. The third-order valence-electron chi connectivity index (χ3n) is 6.66. The lowest BCUT2D eigenvalue weighted by atomic mass is 9.58. The van der Waals surface area contributed by atoms with Crippen LogP contribution in [0, 0.1) is 5.41 Å². The summed E-state index contributed by atoms with van der Waals surface area (Å²) in [5, 5.41) is 8.58. The van der Waals surface area contributed by atoms with Crippen LogP contribution in [0.5, 0.6) is 0 Å². The summed E-state index contributed by atoms with van der Waals surface area (Å²) < 4.78 is 12.3. The molecule has 1 saturated heterocycles. The first-order chi connectivity index (χ1) is 12.5. The van der Waals surface area contributed by atoms with Gasteiger partial charge in [-0.2, -0.15) is 0 Å². The number of carboxylic acid groups (broad SMARTS) is 1. The Labute approximate surface area is 167 Å². The average Bonchev–Trinajstić information content (AvgIpc) is 3.08. The Hall–Kier alpha value is -1.11. The van der Waals surface area contributed by atoms with Crippen molar-refractivity contribution in [3.8, 4) is 0 Å². The van der Waals surface area contributed by atoms with Gasteiger partial charge < -0.3 is 14.4 Å². The van der Waals surface area contributed by atoms with Gasteiger partial charge in [0.05, 0.1) is 11.2 Å². The van der Waals surface area contributed by atoms with E-state index in [9.17, 15) is 4.79 Å². The number of nitrogens with zero attached hydrogens (tertiary/aromatic N) is 1. The van der Waals surface area contributed by atoms with Gasteiger partial charge in [-0.05, 0) is 76.8 Å². The van der Waals surface area contributed by atoms with Crippen molar-refractivity contribution in [2.24, 2.45) is 10.4 Å². The molecule has 0 amide bonds. The van der Waals surface area contributed by atoms with E-state index in [1.54, 1.807) is 6.08 Å². The normalized spacial score (nSPS) is 27.1. The number of rotatable bonds is 2. The fraction of sp³-hybridized carbons (Fsp3) is 0.700. The zero-order valence-corrected chi connectivity index (χ0v) is 17.4. The van der Waals surface area contributed by atoms with Gasteiger partial charge in [0.15, 0.2) is 0 Å². The SMILES string of the molecule is CC1(C)OB(C2=CCC3(CCC3)CC2)OC1(C)C.O=C(O)C1=NC(Cl)=CC1. The fourth-order valence-electron chi connectivity index (χ4n) is 3.84. The summed E-state index contributed by atoms with van der Waals surface area (Å²) in [5.74, 6) is -0.998. The van der Waals surface area contributed by atoms with Crippen LogP contribution in [0.2, 0.25) is 0 Å². The molecule has 2 heterocycles. The molecule has 148 valence electrons. The number of allylic oxidation sites excluding steroid dienone is 3. The molecule has 2 aliphatic carbocycles. The van der Waals surface area contributed by atoms with Crippen molar-refractivity contribution in [1.29, 1.82) is 0 Å². The molecule has 1 N–H and O–H groups in total. The number of aliphatic imine (C=N–C) groups is 1. The Kier molecular flexibility index (Phi) is 5.64. The molecule has 0 atom stereocenters. The van der Waals surface area contributed by atoms with Gasteiger partial charge in [0.1, 0.15) is 10.9 Å².